The summed E-state index contributed by atoms with van der Waals surface area (Å²) >= 11 is 0. The van der Waals surface area contributed by atoms with Crippen LogP contribution >= 0.6 is 7.82 Å². The molecule has 0 aromatic rings. The number of allylic oxidation sites excluding steroid dienone is 10. The highest BCUT2D eigenvalue weighted by atomic mass is 31.2. The van der Waals surface area contributed by atoms with E-state index < -0.39 is 32.5 Å². The summed E-state index contributed by atoms with van der Waals surface area (Å²) in [4.78, 5) is 36.8. The van der Waals surface area contributed by atoms with Gasteiger partial charge in [-0.3, -0.25) is 18.6 Å². The molecule has 0 radical (unpaired) electrons. The quantitative estimate of drug-likeness (QED) is 0.0294. The molecule has 0 aromatic heterocycles. The van der Waals surface area contributed by atoms with E-state index in [0.717, 1.165) is 64.2 Å². The molecule has 1 N–H and O–H groups in total. The van der Waals surface area contributed by atoms with Gasteiger partial charge < -0.3 is 19.3 Å². The first-order chi connectivity index (χ1) is 24.7. The van der Waals surface area contributed by atoms with Crippen molar-refractivity contribution in [3.8, 4) is 0 Å². The molecule has 2 atom stereocenters. The van der Waals surface area contributed by atoms with Crippen molar-refractivity contribution in [1.29, 1.82) is 0 Å². The van der Waals surface area contributed by atoms with Crippen LogP contribution in [0.4, 0.5) is 0 Å². The van der Waals surface area contributed by atoms with Crippen molar-refractivity contribution in [2.75, 3.05) is 40.5 Å². The van der Waals surface area contributed by atoms with Crippen molar-refractivity contribution in [3.63, 3.8) is 0 Å². The number of esters is 2. The van der Waals surface area contributed by atoms with Gasteiger partial charge in [0.25, 0.3) is 0 Å². The summed E-state index contributed by atoms with van der Waals surface area (Å²) < 4.78 is 33.3. The summed E-state index contributed by atoms with van der Waals surface area (Å²) in [5.41, 5.74) is 0. The summed E-state index contributed by atoms with van der Waals surface area (Å²) in [6.07, 6.45) is 39.9. The Bertz CT molecular complexity index is 1040. The Hall–Kier alpha value is -2.29. The van der Waals surface area contributed by atoms with Crippen LogP contribution < -0.4 is 0 Å². The highest BCUT2D eigenvalue weighted by molar-refractivity contribution is 7.47. The van der Waals surface area contributed by atoms with Gasteiger partial charge in [0.15, 0.2) is 6.10 Å². The Morgan fingerprint density at radius 3 is 1.71 bits per heavy atom. The van der Waals surface area contributed by atoms with Crippen molar-refractivity contribution in [2.45, 2.75) is 148 Å². The molecule has 0 saturated carbocycles. The summed E-state index contributed by atoms with van der Waals surface area (Å²) in [5.74, 6) is -0.887. The number of ether oxygens (including phenoxy) is 2. The minimum absolute atomic E-state index is 0.00659. The van der Waals surface area contributed by atoms with Gasteiger partial charge >= 0.3 is 19.8 Å². The zero-order valence-corrected chi connectivity index (χ0v) is 33.4. The van der Waals surface area contributed by atoms with Crippen LogP contribution in [0, 0.1) is 0 Å². The minimum atomic E-state index is -4.37. The van der Waals surface area contributed by atoms with E-state index in [9.17, 15) is 19.0 Å². The van der Waals surface area contributed by atoms with E-state index in [1.807, 2.05) is 20.2 Å². The van der Waals surface area contributed by atoms with E-state index in [1.165, 1.54) is 38.5 Å². The second-order valence-electron chi connectivity index (χ2n) is 13.1. The molecule has 0 rings (SSSR count). The molecule has 0 aromatic carbocycles. The van der Waals surface area contributed by atoms with Crippen LogP contribution in [-0.4, -0.2) is 68.3 Å². The van der Waals surface area contributed by atoms with Gasteiger partial charge in [-0.2, -0.15) is 0 Å². The normalized spacial score (nSPS) is 14.2. The van der Waals surface area contributed by atoms with Crippen LogP contribution in [0.15, 0.2) is 60.8 Å². The van der Waals surface area contributed by atoms with Crippen LogP contribution in [0.2, 0.25) is 0 Å². The van der Waals surface area contributed by atoms with Gasteiger partial charge in [0.1, 0.15) is 6.61 Å². The molecule has 0 bridgehead atoms. The average Bonchev–Trinajstić information content (AvgIpc) is 3.09. The smallest absolute Gasteiger partial charge is 0.462 e. The lowest BCUT2D eigenvalue weighted by molar-refractivity contribution is -0.161. The molecule has 2 unspecified atom stereocenters. The standard InChI is InChI=1S/C41H72NO8P/c1-5-7-9-11-13-15-17-18-19-20-21-22-24-26-28-30-32-34-41(44)50-39(38-49-51(45,46)48-36-35-42(3)4)37-47-40(43)33-31-29-27-25-23-16-14-12-10-8-6-2/h12-15,18-19,21-22,26,28,39H,5-11,16-17,20,23-25,27,29-38H2,1-4H3,(H,45,46)/b14-12-,15-13-,19-18-,22-21-,28-26-. The number of rotatable bonds is 35. The van der Waals surface area contributed by atoms with Crippen molar-refractivity contribution in [2.24, 2.45) is 0 Å². The van der Waals surface area contributed by atoms with E-state index in [-0.39, 0.29) is 26.1 Å². The van der Waals surface area contributed by atoms with E-state index in [2.05, 4.69) is 68.5 Å². The van der Waals surface area contributed by atoms with E-state index in [0.29, 0.717) is 19.4 Å². The van der Waals surface area contributed by atoms with Crippen LogP contribution in [0.1, 0.15) is 142 Å². The zero-order valence-electron chi connectivity index (χ0n) is 32.5. The van der Waals surface area contributed by atoms with Crippen LogP contribution in [-0.2, 0) is 32.7 Å². The first-order valence-electron chi connectivity index (χ1n) is 19.6. The molecule has 51 heavy (non-hydrogen) atoms. The fourth-order valence-electron chi connectivity index (χ4n) is 4.72. The number of carbonyl (C=O) groups excluding carboxylic acids is 2. The monoisotopic (exact) mass is 737 g/mol. The number of likely N-dealkylation sites (N-methyl/N-ethyl adjacent to an activating group) is 1. The largest absolute Gasteiger partial charge is 0.472 e. The lowest BCUT2D eigenvalue weighted by atomic mass is 10.1. The number of hydrogen-bond acceptors (Lipinski definition) is 8. The summed E-state index contributed by atoms with van der Waals surface area (Å²) in [5, 5.41) is 0. The fourth-order valence-corrected chi connectivity index (χ4v) is 5.46. The molecule has 0 heterocycles. The molecule has 0 aliphatic rings. The maximum atomic E-state index is 12.6. The SMILES string of the molecule is CCCC/C=C\CCCCCCCC(=O)OCC(COP(=O)(O)OCCN(C)C)OC(=O)CCC/C=C\C/C=C\C/C=C\C/C=C\CCCCC. The van der Waals surface area contributed by atoms with E-state index >= 15 is 0 Å². The van der Waals surface area contributed by atoms with Gasteiger partial charge in [-0.15, -0.1) is 0 Å². The van der Waals surface area contributed by atoms with Crippen LogP contribution in [0.3, 0.4) is 0 Å². The molecule has 0 aliphatic carbocycles. The second kappa shape index (κ2) is 36.1. The third-order valence-corrected chi connectivity index (χ3v) is 8.78. The molecular weight excluding hydrogens is 665 g/mol. The number of carbonyl (C=O) groups is 2. The van der Waals surface area contributed by atoms with E-state index in [4.69, 9.17) is 18.5 Å². The molecule has 0 saturated heterocycles. The van der Waals surface area contributed by atoms with Crippen molar-refractivity contribution in [3.05, 3.63) is 60.8 Å². The maximum absolute atomic E-state index is 12.6. The maximum Gasteiger partial charge on any atom is 0.472 e. The molecule has 10 heteroatoms. The number of phosphoric ester groups is 1. The Balaban J connectivity index is 4.48. The average molecular weight is 738 g/mol. The highest BCUT2D eigenvalue weighted by Gasteiger charge is 2.26. The lowest BCUT2D eigenvalue weighted by Gasteiger charge is -2.20. The fraction of sp³-hybridized carbons (Fsp3) is 0.707. The summed E-state index contributed by atoms with van der Waals surface area (Å²) in [7, 11) is -0.748. The minimum Gasteiger partial charge on any atom is -0.462 e. The predicted octanol–water partition coefficient (Wildman–Crippen LogP) is 10.8. The summed E-state index contributed by atoms with van der Waals surface area (Å²) in [6.45, 7) is 4.15. The molecule has 0 aliphatic heterocycles. The van der Waals surface area contributed by atoms with Crippen LogP contribution in [0.5, 0.6) is 0 Å². The van der Waals surface area contributed by atoms with Crippen LogP contribution in [0.25, 0.3) is 0 Å². The highest BCUT2D eigenvalue weighted by Crippen LogP contribution is 2.43. The second-order valence-corrected chi connectivity index (χ2v) is 14.6. The molecule has 0 amide bonds. The third-order valence-electron chi connectivity index (χ3n) is 7.80. The van der Waals surface area contributed by atoms with Gasteiger partial charge in [0.2, 0.25) is 0 Å². The topological polar surface area (TPSA) is 112 Å². The van der Waals surface area contributed by atoms with Gasteiger partial charge in [-0.05, 0) is 84.7 Å². The first kappa shape index (κ1) is 48.7. The Morgan fingerprint density at radius 1 is 0.608 bits per heavy atom. The number of nitrogens with zero attached hydrogens (tertiary/aromatic N) is 1. The molecule has 294 valence electrons. The van der Waals surface area contributed by atoms with Gasteiger partial charge in [-0.25, -0.2) is 4.57 Å². The molecule has 0 spiro atoms. The Morgan fingerprint density at radius 2 is 1.10 bits per heavy atom. The van der Waals surface area contributed by atoms with Crippen molar-refractivity contribution in [1.82, 2.24) is 4.90 Å². The van der Waals surface area contributed by atoms with Crippen molar-refractivity contribution >= 4 is 19.8 Å². The molecular formula is C41H72NO8P. The lowest BCUT2D eigenvalue weighted by Crippen LogP contribution is -2.29. The molecule has 9 nitrogen and oxygen atoms in total. The number of hydrogen-bond donors (Lipinski definition) is 1. The molecule has 0 fully saturated rings. The third kappa shape index (κ3) is 37.3. The van der Waals surface area contributed by atoms with E-state index in [1.54, 1.807) is 4.90 Å². The van der Waals surface area contributed by atoms with Gasteiger partial charge in [0, 0.05) is 19.4 Å². The zero-order chi connectivity index (χ0) is 37.7. The number of unbranched alkanes of at least 4 members (excludes halogenated alkanes) is 11. The van der Waals surface area contributed by atoms with Gasteiger partial charge in [0.05, 0.1) is 13.2 Å². The van der Waals surface area contributed by atoms with Gasteiger partial charge in [-0.1, -0.05) is 120 Å². The summed E-state index contributed by atoms with van der Waals surface area (Å²) in [6, 6.07) is 0. The Labute approximate surface area is 311 Å². The first-order valence-corrected chi connectivity index (χ1v) is 21.1. The Kier molecular flexibility index (Phi) is 34.5. The van der Waals surface area contributed by atoms with Crippen molar-refractivity contribution < 1.29 is 37.6 Å². The predicted molar refractivity (Wildman–Crippen MR) is 211 cm³/mol. The number of phosphoric acid groups is 1.